The fourth-order valence-corrected chi connectivity index (χ4v) is 3.49. The maximum Gasteiger partial charge on any atom is 0.252 e. The first-order valence-electron chi connectivity index (χ1n) is 8.46. The van der Waals surface area contributed by atoms with E-state index in [9.17, 15) is 4.79 Å². The van der Waals surface area contributed by atoms with E-state index in [1.54, 1.807) is 7.11 Å². The number of hydrogen-bond acceptors (Lipinski definition) is 4. The molecule has 0 aromatic rings. The van der Waals surface area contributed by atoms with Gasteiger partial charge in [0.1, 0.15) is 5.60 Å². The molecule has 2 aliphatic heterocycles. The zero-order valence-corrected chi connectivity index (χ0v) is 16.1. The number of methoxy groups -OCH3 is 1. The summed E-state index contributed by atoms with van der Waals surface area (Å²) < 4.78 is 5.54. The molecular formula is C16H33Cl2N3O2. The third kappa shape index (κ3) is 6.39. The molecule has 138 valence electrons. The van der Waals surface area contributed by atoms with Crippen LogP contribution in [-0.4, -0.2) is 62.3 Å². The molecule has 1 atom stereocenters. The van der Waals surface area contributed by atoms with Gasteiger partial charge in [0.25, 0.3) is 5.91 Å². The van der Waals surface area contributed by atoms with Crippen LogP contribution in [-0.2, 0) is 9.53 Å². The third-order valence-electron chi connectivity index (χ3n) is 5.06. The van der Waals surface area contributed by atoms with Gasteiger partial charge in [-0.3, -0.25) is 4.79 Å². The van der Waals surface area contributed by atoms with Crippen LogP contribution in [0.4, 0.5) is 0 Å². The van der Waals surface area contributed by atoms with Crippen molar-refractivity contribution in [3.05, 3.63) is 0 Å². The largest absolute Gasteiger partial charge is 0.368 e. The second kappa shape index (κ2) is 11.5. The molecular weight excluding hydrogens is 337 g/mol. The van der Waals surface area contributed by atoms with Gasteiger partial charge in [-0.05, 0) is 58.7 Å². The number of carbonyl (C=O) groups excluding carboxylic acids is 1. The summed E-state index contributed by atoms with van der Waals surface area (Å²) in [5, 5.41) is 6.36. The number of ether oxygens (including phenoxy) is 1. The molecule has 0 saturated carbocycles. The highest BCUT2D eigenvalue weighted by molar-refractivity contribution is 5.86. The van der Waals surface area contributed by atoms with Crippen molar-refractivity contribution in [1.82, 2.24) is 15.5 Å². The van der Waals surface area contributed by atoms with E-state index in [0.29, 0.717) is 6.04 Å². The Balaban J connectivity index is 0.00000242. The molecule has 0 aromatic heterocycles. The first kappa shape index (κ1) is 22.9. The Morgan fingerprint density at radius 3 is 2.61 bits per heavy atom. The van der Waals surface area contributed by atoms with Crippen LogP contribution in [0.1, 0.15) is 45.4 Å². The molecule has 5 nitrogen and oxygen atoms in total. The molecule has 2 heterocycles. The molecule has 0 radical (unpaired) electrons. The number of rotatable bonds is 6. The lowest BCUT2D eigenvalue weighted by Crippen LogP contribution is -2.54. The van der Waals surface area contributed by atoms with Crippen molar-refractivity contribution < 1.29 is 9.53 Å². The molecule has 2 aliphatic rings. The number of nitrogens with one attached hydrogen (secondary N) is 2. The molecule has 7 heteroatoms. The Morgan fingerprint density at radius 2 is 2.00 bits per heavy atom. The van der Waals surface area contributed by atoms with Gasteiger partial charge in [0.2, 0.25) is 0 Å². The number of likely N-dealkylation sites (tertiary alicyclic amines) is 1. The van der Waals surface area contributed by atoms with Crippen molar-refractivity contribution in [2.75, 3.05) is 39.8 Å². The standard InChI is InChI=1S/C16H31N3O2.2ClH/c1-14-6-3-4-12-19(14)13-5-9-18-15(20)16(21-2)7-10-17-11-8-16;;/h14,17H,3-13H2,1-2H3,(H,18,20);2*1H. The topological polar surface area (TPSA) is 53.6 Å². The van der Waals surface area contributed by atoms with E-state index >= 15 is 0 Å². The Kier molecular flexibility index (Phi) is 11.4. The molecule has 2 rings (SSSR count). The van der Waals surface area contributed by atoms with Crippen molar-refractivity contribution in [3.63, 3.8) is 0 Å². The predicted octanol–water partition coefficient (Wildman–Crippen LogP) is 1.98. The smallest absolute Gasteiger partial charge is 0.252 e. The second-order valence-corrected chi connectivity index (χ2v) is 6.44. The Morgan fingerprint density at radius 1 is 1.30 bits per heavy atom. The van der Waals surface area contributed by atoms with Gasteiger partial charge in [-0.2, -0.15) is 0 Å². The van der Waals surface area contributed by atoms with Gasteiger partial charge < -0.3 is 20.3 Å². The summed E-state index contributed by atoms with van der Waals surface area (Å²) in [6, 6.07) is 0.698. The minimum atomic E-state index is -0.607. The van der Waals surface area contributed by atoms with Crippen LogP contribution in [0.25, 0.3) is 0 Å². The number of halogens is 2. The van der Waals surface area contributed by atoms with Gasteiger partial charge in [0.05, 0.1) is 0 Å². The van der Waals surface area contributed by atoms with E-state index in [-0.39, 0.29) is 30.7 Å². The number of hydrogen-bond donors (Lipinski definition) is 2. The summed E-state index contributed by atoms with van der Waals surface area (Å²) in [5.74, 6) is 0.0678. The Bertz CT molecular complexity index is 339. The second-order valence-electron chi connectivity index (χ2n) is 6.44. The van der Waals surface area contributed by atoms with Crippen LogP contribution in [0, 0.1) is 0 Å². The summed E-state index contributed by atoms with van der Waals surface area (Å²) in [4.78, 5) is 14.9. The van der Waals surface area contributed by atoms with E-state index in [4.69, 9.17) is 4.74 Å². The lowest BCUT2D eigenvalue weighted by Gasteiger charge is -2.35. The molecule has 1 unspecified atom stereocenters. The van der Waals surface area contributed by atoms with Gasteiger partial charge in [-0.25, -0.2) is 0 Å². The van der Waals surface area contributed by atoms with E-state index in [2.05, 4.69) is 22.5 Å². The van der Waals surface area contributed by atoms with E-state index in [0.717, 1.165) is 45.4 Å². The molecule has 2 saturated heterocycles. The first-order chi connectivity index (χ1) is 10.2. The fourth-order valence-electron chi connectivity index (χ4n) is 3.49. The van der Waals surface area contributed by atoms with Gasteiger partial charge in [-0.1, -0.05) is 6.42 Å². The average Bonchev–Trinajstić information content (AvgIpc) is 2.53. The van der Waals surface area contributed by atoms with Crippen LogP contribution in [0.3, 0.4) is 0 Å². The van der Waals surface area contributed by atoms with Crippen molar-refractivity contribution >= 4 is 30.7 Å². The zero-order chi connectivity index (χ0) is 15.1. The number of piperidine rings is 2. The summed E-state index contributed by atoms with van der Waals surface area (Å²) >= 11 is 0. The molecule has 0 spiro atoms. The van der Waals surface area contributed by atoms with Crippen LogP contribution < -0.4 is 10.6 Å². The Labute approximate surface area is 153 Å². The van der Waals surface area contributed by atoms with Crippen molar-refractivity contribution in [2.24, 2.45) is 0 Å². The van der Waals surface area contributed by atoms with Crippen molar-refractivity contribution in [1.29, 1.82) is 0 Å². The first-order valence-corrected chi connectivity index (χ1v) is 8.46. The predicted molar refractivity (Wildman–Crippen MR) is 98.9 cm³/mol. The van der Waals surface area contributed by atoms with Crippen LogP contribution in [0.2, 0.25) is 0 Å². The van der Waals surface area contributed by atoms with Crippen LogP contribution in [0.5, 0.6) is 0 Å². The maximum absolute atomic E-state index is 12.4. The molecule has 0 bridgehead atoms. The SMILES string of the molecule is COC1(C(=O)NCCCN2CCCCC2C)CCNCC1.Cl.Cl. The minimum absolute atomic E-state index is 0. The summed E-state index contributed by atoms with van der Waals surface area (Å²) in [5.41, 5.74) is -0.607. The lowest BCUT2D eigenvalue weighted by atomic mass is 9.91. The van der Waals surface area contributed by atoms with E-state index in [1.165, 1.54) is 25.8 Å². The quantitative estimate of drug-likeness (QED) is 0.702. The maximum atomic E-state index is 12.4. The minimum Gasteiger partial charge on any atom is -0.368 e. The summed E-state index contributed by atoms with van der Waals surface area (Å²) in [6.07, 6.45) is 6.53. The average molecular weight is 370 g/mol. The third-order valence-corrected chi connectivity index (χ3v) is 5.06. The van der Waals surface area contributed by atoms with Gasteiger partial charge in [0.15, 0.2) is 0 Å². The molecule has 1 amide bonds. The number of carbonyl (C=O) groups is 1. The van der Waals surface area contributed by atoms with Gasteiger partial charge >= 0.3 is 0 Å². The van der Waals surface area contributed by atoms with Crippen molar-refractivity contribution in [2.45, 2.75) is 57.1 Å². The van der Waals surface area contributed by atoms with E-state index < -0.39 is 5.60 Å². The highest BCUT2D eigenvalue weighted by Crippen LogP contribution is 2.22. The number of nitrogens with zero attached hydrogens (tertiary/aromatic N) is 1. The van der Waals surface area contributed by atoms with Crippen LogP contribution >= 0.6 is 24.8 Å². The molecule has 2 N–H and O–H groups in total. The van der Waals surface area contributed by atoms with E-state index in [1.807, 2.05) is 0 Å². The van der Waals surface area contributed by atoms with Crippen molar-refractivity contribution in [3.8, 4) is 0 Å². The normalized spacial score (nSPS) is 24.2. The fraction of sp³-hybridized carbons (Fsp3) is 0.938. The summed E-state index contributed by atoms with van der Waals surface area (Å²) in [6.45, 7) is 7.07. The van der Waals surface area contributed by atoms with Gasteiger partial charge in [0, 0.05) is 26.2 Å². The monoisotopic (exact) mass is 369 g/mol. The molecule has 23 heavy (non-hydrogen) atoms. The molecule has 0 aromatic carbocycles. The lowest BCUT2D eigenvalue weighted by molar-refractivity contribution is -0.146. The molecule has 2 fully saturated rings. The Hall–Kier alpha value is -0.0700. The van der Waals surface area contributed by atoms with Crippen LogP contribution in [0.15, 0.2) is 0 Å². The zero-order valence-electron chi connectivity index (χ0n) is 14.4. The highest BCUT2D eigenvalue weighted by Gasteiger charge is 2.39. The number of amides is 1. The summed E-state index contributed by atoms with van der Waals surface area (Å²) in [7, 11) is 1.65. The highest BCUT2D eigenvalue weighted by atomic mass is 35.5. The molecule has 0 aliphatic carbocycles. The van der Waals surface area contributed by atoms with Gasteiger partial charge in [-0.15, -0.1) is 24.8 Å².